The standard InChI is InChI=1S/C18H26Cl2N2O2/c1-22-9-8-21-13-18(22,14-5-6-15(19)16(20)12-14)7-11-24-17-4-2-3-10-23-17/h5-6,12,17,21H,2-4,7-11,13H2,1H3. The zero-order valence-corrected chi connectivity index (χ0v) is 15.7. The van der Waals surface area contributed by atoms with E-state index < -0.39 is 0 Å². The van der Waals surface area contributed by atoms with Crippen LogP contribution in [0.25, 0.3) is 0 Å². The highest BCUT2D eigenvalue weighted by Gasteiger charge is 2.38. The summed E-state index contributed by atoms with van der Waals surface area (Å²) < 4.78 is 11.7. The molecule has 2 aliphatic heterocycles. The number of piperazine rings is 1. The smallest absolute Gasteiger partial charge is 0.157 e. The van der Waals surface area contributed by atoms with Crippen molar-refractivity contribution in [3.05, 3.63) is 33.8 Å². The molecule has 0 amide bonds. The molecule has 2 aliphatic rings. The highest BCUT2D eigenvalue weighted by Crippen LogP contribution is 2.36. The molecule has 0 spiro atoms. The van der Waals surface area contributed by atoms with Crippen LogP contribution < -0.4 is 5.32 Å². The monoisotopic (exact) mass is 372 g/mol. The fourth-order valence-electron chi connectivity index (χ4n) is 3.62. The molecule has 0 bridgehead atoms. The molecule has 1 N–H and O–H groups in total. The van der Waals surface area contributed by atoms with Crippen molar-refractivity contribution in [1.82, 2.24) is 10.2 Å². The van der Waals surface area contributed by atoms with E-state index in [1.165, 1.54) is 12.0 Å². The lowest BCUT2D eigenvalue weighted by atomic mass is 9.83. The summed E-state index contributed by atoms with van der Waals surface area (Å²) in [5, 5.41) is 4.72. The van der Waals surface area contributed by atoms with Crippen molar-refractivity contribution in [2.24, 2.45) is 0 Å². The Bertz CT molecular complexity index is 552. The molecule has 0 radical (unpaired) electrons. The minimum atomic E-state index is -0.138. The van der Waals surface area contributed by atoms with Crippen LogP contribution in [0.4, 0.5) is 0 Å². The predicted molar refractivity (Wildman–Crippen MR) is 97.8 cm³/mol. The van der Waals surface area contributed by atoms with E-state index in [4.69, 9.17) is 32.7 Å². The van der Waals surface area contributed by atoms with Crippen molar-refractivity contribution in [3.63, 3.8) is 0 Å². The molecule has 2 unspecified atom stereocenters. The third kappa shape index (κ3) is 4.06. The van der Waals surface area contributed by atoms with Crippen molar-refractivity contribution in [2.75, 3.05) is 39.9 Å². The second kappa shape index (κ2) is 8.35. The van der Waals surface area contributed by atoms with Crippen molar-refractivity contribution >= 4 is 23.2 Å². The maximum Gasteiger partial charge on any atom is 0.157 e. The molecule has 1 aromatic carbocycles. The number of benzene rings is 1. The summed E-state index contributed by atoms with van der Waals surface area (Å²) in [6, 6.07) is 5.95. The normalized spacial score (nSPS) is 28.9. The molecule has 3 rings (SSSR count). The maximum atomic E-state index is 6.28. The van der Waals surface area contributed by atoms with E-state index in [2.05, 4.69) is 23.3 Å². The average Bonchev–Trinajstić information content (AvgIpc) is 2.60. The summed E-state index contributed by atoms with van der Waals surface area (Å²) in [6.07, 6.45) is 4.15. The first kappa shape index (κ1) is 18.4. The van der Waals surface area contributed by atoms with Gasteiger partial charge in [0.1, 0.15) is 0 Å². The lowest BCUT2D eigenvalue weighted by Gasteiger charge is -2.46. The number of hydrogen-bond acceptors (Lipinski definition) is 4. The van der Waals surface area contributed by atoms with Gasteiger partial charge in [-0.05, 0) is 50.4 Å². The van der Waals surface area contributed by atoms with Crippen LogP contribution in [0.5, 0.6) is 0 Å². The van der Waals surface area contributed by atoms with Gasteiger partial charge >= 0.3 is 0 Å². The van der Waals surface area contributed by atoms with Crippen molar-refractivity contribution in [2.45, 2.75) is 37.5 Å². The zero-order chi connectivity index (χ0) is 17.0. The molecule has 6 heteroatoms. The minimum absolute atomic E-state index is 0.0496. The Kier molecular flexibility index (Phi) is 6.41. The molecular weight excluding hydrogens is 347 g/mol. The van der Waals surface area contributed by atoms with E-state index >= 15 is 0 Å². The SMILES string of the molecule is CN1CCNCC1(CCOC1CCCCO1)c1ccc(Cl)c(Cl)c1. The first-order chi connectivity index (χ1) is 11.6. The largest absolute Gasteiger partial charge is 0.353 e. The van der Waals surface area contributed by atoms with Gasteiger partial charge in [-0.1, -0.05) is 29.3 Å². The molecule has 2 heterocycles. The summed E-state index contributed by atoms with van der Waals surface area (Å²) in [5.41, 5.74) is 1.04. The molecule has 0 aliphatic carbocycles. The number of halogens is 2. The molecule has 2 fully saturated rings. The van der Waals surface area contributed by atoms with Gasteiger partial charge in [0.05, 0.1) is 22.2 Å². The van der Waals surface area contributed by atoms with Crippen LogP contribution in [0, 0.1) is 0 Å². The summed E-state index contributed by atoms with van der Waals surface area (Å²) in [5.74, 6) is 0. The van der Waals surface area contributed by atoms with Gasteiger partial charge in [-0.25, -0.2) is 0 Å². The Hall–Kier alpha value is -0.360. The van der Waals surface area contributed by atoms with Gasteiger partial charge in [-0.2, -0.15) is 0 Å². The molecule has 1 aromatic rings. The van der Waals surface area contributed by atoms with Crippen molar-refractivity contribution < 1.29 is 9.47 Å². The van der Waals surface area contributed by atoms with Gasteiger partial charge in [-0.15, -0.1) is 0 Å². The zero-order valence-electron chi connectivity index (χ0n) is 14.2. The fourth-order valence-corrected chi connectivity index (χ4v) is 3.92. The number of nitrogens with zero attached hydrogens (tertiary/aromatic N) is 1. The fraction of sp³-hybridized carbons (Fsp3) is 0.667. The lowest BCUT2D eigenvalue weighted by molar-refractivity contribution is -0.167. The molecule has 2 saturated heterocycles. The maximum absolute atomic E-state index is 6.28. The quantitative estimate of drug-likeness (QED) is 0.854. The van der Waals surface area contributed by atoms with E-state index in [1.807, 2.05) is 12.1 Å². The Labute approximate surface area is 154 Å². The third-order valence-corrected chi connectivity index (χ3v) is 5.93. The number of nitrogens with one attached hydrogen (secondary N) is 1. The summed E-state index contributed by atoms with van der Waals surface area (Å²) in [4.78, 5) is 2.40. The average molecular weight is 373 g/mol. The minimum Gasteiger partial charge on any atom is -0.353 e. The Morgan fingerprint density at radius 2 is 2.21 bits per heavy atom. The summed E-state index contributed by atoms with van der Waals surface area (Å²) in [6.45, 7) is 4.32. The molecule has 2 atom stereocenters. The highest BCUT2D eigenvalue weighted by atomic mass is 35.5. The third-order valence-electron chi connectivity index (χ3n) is 5.19. The van der Waals surface area contributed by atoms with Gasteiger partial charge in [-0.3, -0.25) is 4.90 Å². The molecule has 0 aromatic heterocycles. The first-order valence-electron chi connectivity index (χ1n) is 8.72. The first-order valence-corrected chi connectivity index (χ1v) is 9.48. The van der Waals surface area contributed by atoms with Gasteiger partial charge in [0.2, 0.25) is 0 Å². The highest BCUT2D eigenvalue weighted by molar-refractivity contribution is 6.42. The Balaban J connectivity index is 1.73. The summed E-state index contributed by atoms with van der Waals surface area (Å²) >= 11 is 12.4. The molecule has 24 heavy (non-hydrogen) atoms. The number of hydrogen-bond donors (Lipinski definition) is 1. The van der Waals surface area contributed by atoms with Crippen LogP contribution in [-0.4, -0.2) is 51.1 Å². The van der Waals surface area contributed by atoms with Crippen LogP contribution in [0.2, 0.25) is 10.0 Å². The number of rotatable bonds is 5. The summed E-state index contributed by atoms with van der Waals surface area (Å²) in [7, 11) is 2.17. The van der Waals surface area contributed by atoms with Gasteiger partial charge < -0.3 is 14.8 Å². The molecular formula is C18H26Cl2N2O2. The van der Waals surface area contributed by atoms with E-state index in [9.17, 15) is 0 Å². The van der Waals surface area contributed by atoms with Crippen LogP contribution in [0.1, 0.15) is 31.2 Å². The molecule has 0 saturated carbocycles. The number of likely N-dealkylation sites (N-methyl/N-ethyl adjacent to an activating group) is 1. The second-order valence-corrected chi connectivity index (χ2v) is 7.49. The Morgan fingerprint density at radius 3 is 2.92 bits per heavy atom. The number of ether oxygens (including phenoxy) is 2. The van der Waals surface area contributed by atoms with Crippen LogP contribution >= 0.6 is 23.2 Å². The lowest BCUT2D eigenvalue weighted by Crippen LogP contribution is -2.58. The van der Waals surface area contributed by atoms with Gasteiger partial charge in [0.15, 0.2) is 6.29 Å². The van der Waals surface area contributed by atoms with Crippen molar-refractivity contribution in [3.8, 4) is 0 Å². The molecule has 4 nitrogen and oxygen atoms in total. The van der Waals surface area contributed by atoms with E-state index in [0.29, 0.717) is 16.7 Å². The van der Waals surface area contributed by atoms with Crippen LogP contribution in [0.15, 0.2) is 18.2 Å². The predicted octanol–water partition coefficient (Wildman–Crippen LogP) is 3.66. The van der Waals surface area contributed by atoms with Crippen LogP contribution in [-0.2, 0) is 15.0 Å². The van der Waals surface area contributed by atoms with Crippen LogP contribution in [0.3, 0.4) is 0 Å². The topological polar surface area (TPSA) is 33.7 Å². The van der Waals surface area contributed by atoms with Gasteiger partial charge in [0.25, 0.3) is 0 Å². The van der Waals surface area contributed by atoms with Crippen molar-refractivity contribution in [1.29, 1.82) is 0 Å². The second-order valence-electron chi connectivity index (χ2n) is 6.68. The van der Waals surface area contributed by atoms with Gasteiger partial charge in [0, 0.05) is 26.2 Å². The van der Waals surface area contributed by atoms with E-state index in [0.717, 1.165) is 45.5 Å². The van der Waals surface area contributed by atoms with E-state index in [1.54, 1.807) is 0 Å². The van der Waals surface area contributed by atoms with E-state index in [-0.39, 0.29) is 11.8 Å². The molecule has 134 valence electrons. The Morgan fingerprint density at radius 1 is 1.33 bits per heavy atom.